The smallest absolute Gasteiger partial charge is 0.348 e. The topological polar surface area (TPSA) is 76.4 Å². The van der Waals surface area contributed by atoms with Crippen molar-refractivity contribution in [2.24, 2.45) is 11.8 Å². The number of methoxy groups -OCH3 is 1. The molecule has 1 fully saturated rings. The van der Waals surface area contributed by atoms with Crippen LogP contribution in [0.1, 0.15) is 58.8 Å². The van der Waals surface area contributed by atoms with Crippen LogP contribution in [0.15, 0.2) is 11.1 Å². The highest BCUT2D eigenvalue weighted by atomic mass is 16.5. The molecule has 0 aromatic carbocycles. The zero-order valence-electron chi connectivity index (χ0n) is 14.4. The first-order chi connectivity index (χ1) is 11.1. The second kappa shape index (κ2) is 10.0. The fourth-order valence-corrected chi connectivity index (χ4v) is 3.34. The molecule has 1 aliphatic carbocycles. The summed E-state index contributed by atoms with van der Waals surface area (Å²) in [5, 5.41) is 9.39. The number of carbonyl (C=O) groups is 2. The van der Waals surface area contributed by atoms with Crippen molar-refractivity contribution in [2.75, 3.05) is 13.7 Å². The molecule has 23 heavy (non-hydrogen) atoms. The molecule has 0 radical (unpaired) electrons. The zero-order valence-corrected chi connectivity index (χ0v) is 14.4. The molecule has 5 nitrogen and oxygen atoms in total. The van der Waals surface area contributed by atoms with Gasteiger partial charge < -0.3 is 9.47 Å². The van der Waals surface area contributed by atoms with E-state index in [0.29, 0.717) is 12.8 Å². The van der Waals surface area contributed by atoms with Gasteiger partial charge >= 0.3 is 11.9 Å². The van der Waals surface area contributed by atoms with Crippen LogP contribution in [0, 0.1) is 23.2 Å². The van der Waals surface area contributed by atoms with Crippen molar-refractivity contribution in [2.45, 2.75) is 58.8 Å². The van der Waals surface area contributed by atoms with Crippen LogP contribution >= 0.6 is 0 Å². The van der Waals surface area contributed by atoms with Crippen LogP contribution in [-0.2, 0) is 19.1 Å². The third-order valence-corrected chi connectivity index (χ3v) is 4.49. The van der Waals surface area contributed by atoms with Crippen molar-refractivity contribution in [3.05, 3.63) is 11.1 Å². The number of ether oxygens (including phenoxy) is 2. The monoisotopic (exact) mass is 321 g/mol. The van der Waals surface area contributed by atoms with Gasteiger partial charge in [0.25, 0.3) is 0 Å². The van der Waals surface area contributed by atoms with Gasteiger partial charge in [0.2, 0.25) is 0 Å². The van der Waals surface area contributed by atoms with Gasteiger partial charge in [-0.2, -0.15) is 5.26 Å². The lowest BCUT2D eigenvalue weighted by atomic mass is 9.84. The lowest BCUT2D eigenvalue weighted by Gasteiger charge is -2.20. The van der Waals surface area contributed by atoms with Crippen LogP contribution in [0.25, 0.3) is 0 Å². The van der Waals surface area contributed by atoms with E-state index >= 15 is 0 Å². The van der Waals surface area contributed by atoms with E-state index in [1.807, 2.05) is 6.07 Å². The minimum Gasteiger partial charge on any atom is -0.469 e. The summed E-state index contributed by atoms with van der Waals surface area (Å²) in [7, 11) is 1.39. The van der Waals surface area contributed by atoms with Crippen molar-refractivity contribution in [1.82, 2.24) is 0 Å². The van der Waals surface area contributed by atoms with E-state index in [1.54, 1.807) is 6.92 Å². The van der Waals surface area contributed by atoms with Gasteiger partial charge in [0, 0.05) is 6.42 Å². The number of esters is 2. The summed E-state index contributed by atoms with van der Waals surface area (Å²) in [5.41, 5.74) is 1.01. The highest BCUT2D eigenvalue weighted by Gasteiger charge is 2.36. The Kier molecular flexibility index (Phi) is 8.39. The standard InChI is InChI=1S/C18H27NO4/c1-4-6-7-8-14-13(11-17(20)22-3)9-10-15(14)16(12-19)18(21)23-5-2/h13-14H,4-11H2,1-3H3. The van der Waals surface area contributed by atoms with Crippen molar-refractivity contribution in [3.8, 4) is 6.07 Å². The minimum absolute atomic E-state index is 0.0970. The highest BCUT2D eigenvalue weighted by molar-refractivity contribution is 5.93. The van der Waals surface area contributed by atoms with Crippen LogP contribution in [0.5, 0.6) is 0 Å². The van der Waals surface area contributed by atoms with Gasteiger partial charge in [-0.05, 0) is 43.6 Å². The van der Waals surface area contributed by atoms with Crippen molar-refractivity contribution >= 4 is 11.9 Å². The van der Waals surface area contributed by atoms with Crippen LogP contribution in [0.4, 0.5) is 0 Å². The predicted octanol–water partition coefficient (Wildman–Crippen LogP) is 3.54. The largest absolute Gasteiger partial charge is 0.469 e. The molecule has 0 aromatic heterocycles. The summed E-state index contributed by atoms with van der Waals surface area (Å²) < 4.78 is 9.79. The third kappa shape index (κ3) is 5.38. The number of nitrogens with zero attached hydrogens (tertiary/aromatic N) is 1. The summed E-state index contributed by atoms with van der Waals surface area (Å²) in [6.07, 6.45) is 5.98. The molecule has 1 aliphatic rings. The van der Waals surface area contributed by atoms with Gasteiger partial charge in [0.1, 0.15) is 11.6 Å². The Morgan fingerprint density at radius 2 is 2.04 bits per heavy atom. The number of nitriles is 1. The molecule has 0 aliphatic heterocycles. The molecular weight excluding hydrogens is 294 g/mol. The van der Waals surface area contributed by atoms with Crippen LogP contribution in [0.3, 0.4) is 0 Å². The summed E-state index contributed by atoms with van der Waals surface area (Å²) >= 11 is 0. The first-order valence-corrected chi connectivity index (χ1v) is 8.46. The van der Waals surface area contributed by atoms with Gasteiger partial charge in [-0.1, -0.05) is 26.2 Å². The molecule has 5 heteroatoms. The third-order valence-electron chi connectivity index (χ3n) is 4.49. The molecule has 0 heterocycles. The van der Waals surface area contributed by atoms with Crippen LogP contribution < -0.4 is 0 Å². The normalized spacial score (nSPS) is 22.3. The van der Waals surface area contributed by atoms with Crippen molar-refractivity contribution in [3.63, 3.8) is 0 Å². The number of hydrogen-bond acceptors (Lipinski definition) is 5. The average Bonchev–Trinajstić information content (AvgIpc) is 2.91. The summed E-state index contributed by atoms with van der Waals surface area (Å²) in [4.78, 5) is 23.7. The Bertz CT molecular complexity index is 490. The Labute approximate surface area is 138 Å². The molecule has 2 unspecified atom stereocenters. The number of carbonyl (C=O) groups excluding carboxylic acids is 2. The lowest BCUT2D eigenvalue weighted by molar-refractivity contribution is -0.142. The van der Waals surface area contributed by atoms with E-state index in [9.17, 15) is 14.9 Å². The first kappa shape index (κ1) is 19.2. The minimum atomic E-state index is -0.538. The number of hydrogen-bond donors (Lipinski definition) is 0. The van der Waals surface area contributed by atoms with Crippen molar-refractivity contribution < 1.29 is 19.1 Å². The molecule has 1 rings (SSSR count). The van der Waals surface area contributed by atoms with E-state index in [1.165, 1.54) is 7.11 Å². The second-order valence-corrected chi connectivity index (χ2v) is 5.91. The Morgan fingerprint density at radius 1 is 1.30 bits per heavy atom. The fraction of sp³-hybridized carbons (Fsp3) is 0.722. The Balaban J connectivity index is 3.00. The first-order valence-electron chi connectivity index (χ1n) is 8.46. The maximum Gasteiger partial charge on any atom is 0.348 e. The second-order valence-electron chi connectivity index (χ2n) is 5.91. The molecule has 0 amide bonds. The van der Waals surface area contributed by atoms with E-state index in [4.69, 9.17) is 9.47 Å². The van der Waals surface area contributed by atoms with Crippen molar-refractivity contribution in [1.29, 1.82) is 5.26 Å². The van der Waals surface area contributed by atoms with Gasteiger partial charge in [-0.25, -0.2) is 4.79 Å². The molecule has 0 N–H and O–H groups in total. The number of allylic oxidation sites excluding steroid dienone is 1. The molecule has 2 atom stereocenters. The number of rotatable bonds is 8. The van der Waals surface area contributed by atoms with Gasteiger partial charge in [0.15, 0.2) is 0 Å². The summed E-state index contributed by atoms with van der Waals surface area (Å²) in [6, 6.07) is 2.03. The SMILES string of the molecule is CCCCCC1C(=C(C#N)C(=O)OCC)CCC1CC(=O)OC. The van der Waals surface area contributed by atoms with Gasteiger partial charge in [-0.3, -0.25) is 4.79 Å². The Morgan fingerprint density at radius 3 is 2.61 bits per heavy atom. The zero-order chi connectivity index (χ0) is 17.2. The van der Waals surface area contributed by atoms with E-state index in [-0.39, 0.29) is 30.0 Å². The van der Waals surface area contributed by atoms with Crippen LogP contribution in [0.2, 0.25) is 0 Å². The molecule has 0 saturated heterocycles. The van der Waals surface area contributed by atoms with E-state index in [2.05, 4.69) is 6.92 Å². The fourth-order valence-electron chi connectivity index (χ4n) is 3.34. The van der Waals surface area contributed by atoms with Gasteiger partial charge in [0.05, 0.1) is 13.7 Å². The quantitative estimate of drug-likeness (QED) is 0.296. The molecule has 0 aromatic rings. The summed E-state index contributed by atoms with van der Waals surface area (Å²) in [6.45, 7) is 4.12. The maximum atomic E-state index is 12.0. The number of unbranched alkanes of at least 4 members (excludes halogenated alkanes) is 2. The highest BCUT2D eigenvalue weighted by Crippen LogP contribution is 2.43. The van der Waals surface area contributed by atoms with Crippen LogP contribution in [-0.4, -0.2) is 25.7 Å². The molecule has 1 saturated carbocycles. The predicted molar refractivity (Wildman–Crippen MR) is 86.3 cm³/mol. The maximum absolute atomic E-state index is 12.0. The van der Waals surface area contributed by atoms with E-state index in [0.717, 1.165) is 37.7 Å². The lowest BCUT2D eigenvalue weighted by Crippen LogP contribution is -2.17. The van der Waals surface area contributed by atoms with E-state index < -0.39 is 5.97 Å². The molecule has 0 bridgehead atoms. The molecule has 128 valence electrons. The average molecular weight is 321 g/mol. The molecule has 0 spiro atoms. The Hall–Kier alpha value is -1.83. The van der Waals surface area contributed by atoms with Gasteiger partial charge in [-0.15, -0.1) is 0 Å². The molecular formula is C18H27NO4. The summed E-state index contributed by atoms with van der Waals surface area (Å²) in [5.74, 6) is -0.526.